The number of likely N-dealkylation sites (tertiary alicyclic amines) is 1. The first-order valence-electron chi connectivity index (χ1n) is 14.3. The third-order valence-electron chi connectivity index (χ3n) is 9.12. The van der Waals surface area contributed by atoms with Crippen LogP contribution in [0.4, 0.5) is 0 Å². The summed E-state index contributed by atoms with van der Waals surface area (Å²) in [7, 11) is 0. The molecule has 1 N–H and O–H groups in total. The average Bonchev–Trinajstić information content (AvgIpc) is 3.42. The Bertz CT molecular complexity index is 1150. The lowest BCUT2D eigenvalue weighted by Gasteiger charge is -2.43. The largest absolute Gasteiger partial charge is 0.465 e. The molecule has 3 saturated heterocycles. The van der Waals surface area contributed by atoms with E-state index < -0.39 is 46.6 Å². The van der Waals surface area contributed by atoms with E-state index in [0.717, 1.165) is 0 Å². The maximum absolute atomic E-state index is 14.6. The standard InChI is InChI=1S/C32H44N2O6/c1-8-10-14-18-39-29(38)25-24-27(36)34(23(20-35)22-15-12-11-13-16-22)26(28(37)33(17-9-2)30(4,5)6)32(24)19-21(3)31(25,7)40-32/h8-9,11-13,15-16,21,23-26,35H,1-2,10,14,17-20H2,3-7H3/t21?,23-,24+,25+,26?,31-,32?/m1/s1. The van der Waals surface area contributed by atoms with Crippen molar-refractivity contribution in [3.63, 3.8) is 0 Å². The lowest BCUT2D eigenvalue weighted by atomic mass is 9.62. The van der Waals surface area contributed by atoms with Gasteiger partial charge in [-0.1, -0.05) is 49.4 Å². The molecule has 1 spiro atoms. The minimum absolute atomic E-state index is 0.107. The molecule has 1 aromatic rings. The first-order valence-corrected chi connectivity index (χ1v) is 14.3. The Labute approximate surface area is 238 Å². The average molecular weight is 553 g/mol. The first kappa shape index (κ1) is 30.0. The molecule has 3 aliphatic heterocycles. The molecule has 0 aromatic heterocycles. The maximum atomic E-state index is 14.6. The molecule has 1 aromatic carbocycles. The summed E-state index contributed by atoms with van der Waals surface area (Å²) in [5, 5.41) is 10.7. The van der Waals surface area contributed by atoms with Gasteiger partial charge in [0.15, 0.2) is 0 Å². The van der Waals surface area contributed by atoms with Gasteiger partial charge < -0.3 is 24.4 Å². The maximum Gasteiger partial charge on any atom is 0.312 e. The van der Waals surface area contributed by atoms with Crippen LogP contribution >= 0.6 is 0 Å². The molecule has 3 fully saturated rings. The zero-order chi connectivity index (χ0) is 29.5. The molecule has 2 amide bonds. The minimum atomic E-state index is -1.24. The number of carbonyl (C=O) groups excluding carboxylic acids is 3. The monoisotopic (exact) mass is 552 g/mol. The van der Waals surface area contributed by atoms with E-state index in [1.807, 2.05) is 65.0 Å². The highest BCUT2D eigenvalue weighted by Gasteiger charge is 2.81. The summed E-state index contributed by atoms with van der Waals surface area (Å²) >= 11 is 0. The van der Waals surface area contributed by atoms with Crippen molar-refractivity contribution in [2.45, 2.75) is 82.7 Å². The molecule has 4 rings (SSSR count). The number of hydrogen-bond donors (Lipinski definition) is 1. The molecule has 8 heteroatoms. The van der Waals surface area contributed by atoms with Crippen molar-refractivity contribution in [3.8, 4) is 0 Å². The van der Waals surface area contributed by atoms with E-state index in [9.17, 15) is 19.5 Å². The predicted molar refractivity (Wildman–Crippen MR) is 152 cm³/mol. The second kappa shape index (κ2) is 11.1. The number of rotatable bonds is 11. The molecule has 0 aliphatic carbocycles. The number of benzene rings is 1. The summed E-state index contributed by atoms with van der Waals surface area (Å²) in [4.78, 5) is 46.1. The first-order chi connectivity index (χ1) is 18.9. The number of ether oxygens (including phenoxy) is 2. The third kappa shape index (κ3) is 4.69. The molecular formula is C32H44N2O6. The number of fused-ring (bicyclic) bond motifs is 1. The lowest BCUT2D eigenvalue weighted by molar-refractivity contribution is -0.164. The number of aliphatic hydroxyl groups is 1. The van der Waals surface area contributed by atoms with Crippen LogP contribution in [-0.4, -0.2) is 75.2 Å². The number of hydrogen-bond acceptors (Lipinski definition) is 6. The molecule has 3 unspecified atom stereocenters. The molecule has 2 bridgehead atoms. The number of unbranched alkanes of at least 4 members (excludes halogenated alkanes) is 1. The third-order valence-corrected chi connectivity index (χ3v) is 9.12. The smallest absolute Gasteiger partial charge is 0.312 e. The van der Waals surface area contributed by atoms with Crippen LogP contribution in [0.5, 0.6) is 0 Å². The Hall–Kier alpha value is -2.97. The van der Waals surface area contributed by atoms with Gasteiger partial charge >= 0.3 is 5.97 Å². The fraction of sp³-hybridized carbons (Fsp3) is 0.594. The summed E-state index contributed by atoms with van der Waals surface area (Å²) in [5.74, 6) is -3.01. The quantitative estimate of drug-likeness (QED) is 0.253. The number of aliphatic hydroxyl groups excluding tert-OH is 1. The van der Waals surface area contributed by atoms with Crippen molar-refractivity contribution in [1.82, 2.24) is 9.80 Å². The number of amides is 2. The van der Waals surface area contributed by atoms with Crippen LogP contribution in [0.1, 0.15) is 65.5 Å². The van der Waals surface area contributed by atoms with Crippen LogP contribution < -0.4 is 0 Å². The second-order valence-corrected chi connectivity index (χ2v) is 12.6. The van der Waals surface area contributed by atoms with Gasteiger partial charge in [-0.05, 0) is 58.4 Å². The van der Waals surface area contributed by atoms with Crippen LogP contribution in [0.15, 0.2) is 55.6 Å². The fourth-order valence-corrected chi connectivity index (χ4v) is 7.14. The molecule has 0 radical (unpaired) electrons. The molecule has 40 heavy (non-hydrogen) atoms. The molecule has 3 aliphatic rings. The van der Waals surface area contributed by atoms with Crippen LogP contribution in [0, 0.1) is 17.8 Å². The topological polar surface area (TPSA) is 96.4 Å². The number of allylic oxidation sites excluding steroid dienone is 1. The lowest BCUT2D eigenvalue weighted by Crippen LogP contribution is -2.60. The number of carbonyl (C=O) groups is 3. The molecule has 0 saturated carbocycles. The highest BCUT2D eigenvalue weighted by molar-refractivity contribution is 5.99. The Kier molecular flexibility index (Phi) is 8.35. The van der Waals surface area contributed by atoms with Crippen LogP contribution in [0.2, 0.25) is 0 Å². The Morgan fingerprint density at radius 1 is 1.25 bits per heavy atom. The van der Waals surface area contributed by atoms with Crippen molar-refractivity contribution < 1.29 is 29.0 Å². The minimum Gasteiger partial charge on any atom is -0.465 e. The number of esters is 1. The van der Waals surface area contributed by atoms with Gasteiger partial charge in [-0.2, -0.15) is 0 Å². The summed E-state index contributed by atoms with van der Waals surface area (Å²) in [5.41, 5.74) is -2.07. The predicted octanol–water partition coefficient (Wildman–Crippen LogP) is 4.05. The van der Waals surface area contributed by atoms with Gasteiger partial charge in [0.1, 0.15) is 17.6 Å². The highest BCUT2D eigenvalue weighted by atomic mass is 16.6. The number of nitrogens with zero attached hydrogens (tertiary/aromatic N) is 2. The van der Waals surface area contributed by atoms with Gasteiger partial charge in [0, 0.05) is 12.1 Å². The van der Waals surface area contributed by atoms with Crippen molar-refractivity contribution in [2.24, 2.45) is 17.8 Å². The van der Waals surface area contributed by atoms with E-state index in [-0.39, 0.29) is 37.5 Å². The van der Waals surface area contributed by atoms with Crippen LogP contribution in [0.3, 0.4) is 0 Å². The van der Waals surface area contributed by atoms with Crippen molar-refractivity contribution in [3.05, 3.63) is 61.2 Å². The van der Waals surface area contributed by atoms with E-state index in [1.54, 1.807) is 17.1 Å². The normalized spacial score (nSPS) is 31.6. The van der Waals surface area contributed by atoms with E-state index in [0.29, 0.717) is 24.8 Å². The zero-order valence-electron chi connectivity index (χ0n) is 24.5. The van der Waals surface area contributed by atoms with Gasteiger partial charge in [-0.3, -0.25) is 14.4 Å². The van der Waals surface area contributed by atoms with Crippen molar-refractivity contribution >= 4 is 17.8 Å². The molecule has 8 nitrogen and oxygen atoms in total. The summed E-state index contributed by atoms with van der Waals surface area (Å²) in [6.07, 6.45) is 5.21. The SMILES string of the molecule is C=CCCCOC(=O)[C@@H]1[C@H]2C(=O)N([C@H](CO)c3ccccc3)C(C(=O)N(CC=C)C(C)(C)C)C23CC(C)[C@@]1(C)O3. The van der Waals surface area contributed by atoms with Gasteiger partial charge in [0.25, 0.3) is 0 Å². The van der Waals surface area contributed by atoms with Crippen LogP contribution in [0.25, 0.3) is 0 Å². The van der Waals surface area contributed by atoms with Crippen LogP contribution in [-0.2, 0) is 23.9 Å². The van der Waals surface area contributed by atoms with E-state index in [1.165, 1.54) is 4.90 Å². The summed E-state index contributed by atoms with van der Waals surface area (Å²) < 4.78 is 12.5. The van der Waals surface area contributed by atoms with Gasteiger partial charge in [0.05, 0.1) is 30.8 Å². The van der Waals surface area contributed by atoms with E-state index in [4.69, 9.17) is 9.47 Å². The second-order valence-electron chi connectivity index (χ2n) is 12.6. The zero-order valence-corrected chi connectivity index (χ0v) is 24.5. The van der Waals surface area contributed by atoms with Gasteiger partial charge in [0.2, 0.25) is 11.8 Å². The van der Waals surface area contributed by atoms with E-state index in [2.05, 4.69) is 13.2 Å². The highest BCUT2D eigenvalue weighted by Crippen LogP contribution is 2.66. The Balaban J connectivity index is 1.85. The molecular weight excluding hydrogens is 508 g/mol. The molecule has 3 heterocycles. The van der Waals surface area contributed by atoms with Gasteiger partial charge in [-0.15, -0.1) is 13.2 Å². The summed E-state index contributed by atoms with van der Waals surface area (Å²) in [6, 6.07) is 7.37. The molecule has 7 atom stereocenters. The Morgan fingerprint density at radius 3 is 2.50 bits per heavy atom. The summed E-state index contributed by atoms with van der Waals surface area (Å²) in [6.45, 7) is 17.4. The van der Waals surface area contributed by atoms with Crippen molar-refractivity contribution in [1.29, 1.82) is 0 Å². The van der Waals surface area contributed by atoms with E-state index >= 15 is 0 Å². The Morgan fingerprint density at radius 2 is 1.93 bits per heavy atom. The molecule has 218 valence electrons. The van der Waals surface area contributed by atoms with Gasteiger partial charge in [-0.25, -0.2) is 0 Å². The fourth-order valence-electron chi connectivity index (χ4n) is 7.14. The van der Waals surface area contributed by atoms with Crippen molar-refractivity contribution in [2.75, 3.05) is 19.8 Å².